The summed E-state index contributed by atoms with van der Waals surface area (Å²) in [5, 5.41) is 2.19. The molecule has 0 bridgehead atoms. The zero-order valence-electron chi connectivity index (χ0n) is 9.36. The number of hydrogen-bond donors (Lipinski definition) is 1. The summed E-state index contributed by atoms with van der Waals surface area (Å²) in [5.41, 5.74) is 0. The highest BCUT2D eigenvalue weighted by Crippen LogP contribution is 2.23. The monoisotopic (exact) mass is 217 g/mol. The molecule has 3 rings (SSSR count). The van der Waals surface area contributed by atoms with Crippen LogP contribution in [-0.2, 0) is 4.79 Å². The van der Waals surface area contributed by atoms with Crippen molar-refractivity contribution in [2.75, 3.05) is 13.6 Å². The van der Waals surface area contributed by atoms with Gasteiger partial charge in [0.05, 0.1) is 10.7 Å². The Bertz CT molecular complexity index is 510. The maximum absolute atomic E-state index is 11.5. The summed E-state index contributed by atoms with van der Waals surface area (Å²) in [6, 6.07) is 0. The van der Waals surface area contributed by atoms with Crippen LogP contribution >= 0.6 is 0 Å². The van der Waals surface area contributed by atoms with Crippen molar-refractivity contribution >= 4 is 18.1 Å². The second kappa shape index (κ2) is 3.47. The van der Waals surface area contributed by atoms with Crippen molar-refractivity contribution in [3.63, 3.8) is 0 Å². The highest BCUT2D eigenvalue weighted by Gasteiger charge is 2.29. The first-order valence-electron chi connectivity index (χ1n) is 5.74. The number of nitrogens with zero attached hydrogens (tertiary/aromatic N) is 2. The van der Waals surface area contributed by atoms with Crippen molar-refractivity contribution in [3.05, 3.63) is 16.5 Å². The molecular formula is C12H15N3O. The Morgan fingerprint density at radius 3 is 2.94 bits per heavy atom. The first kappa shape index (κ1) is 9.63. The maximum atomic E-state index is 11.5. The van der Waals surface area contributed by atoms with Gasteiger partial charge in [0.1, 0.15) is 5.82 Å². The molecule has 4 heteroatoms. The number of H-pyrrole nitrogens is 1. The Morgan fingerprint density at radius 1 is 1.44 bits per heavy atom. The Balaban J connectivity index is 1.97. The largest absolute Gasteiger partial charge is 0.345 e. The molecule has 1 fully saturated rings. The molecule has 0 radical (unpaired) electrons. The number of likely N-dealkylation sites (tertiary alicyclic amines) is 1. The van der Waals surface area contributed by atoms with E-state index in [0.717, 1.165) is 35.9 Å². The van der Waals surface area contributed by atoms with Gasteiger partial charge >= 0.3 is 0 Å². The average molecular weight is 217 g/mol. The predicted octanol–water partition coefficient (Wildman–Crippen LogP) is -0.290. The molecule has 0 aromatic carbocycles. The van der Waals surface area contributed by atoms with Gasteiger partial charge in [0.15, 0.2) is 0 Å². The zero-order chi connectivity index (χ0) is 11.1. The molecule has 2 aliphatic rings. The lowest BCUT2D eigenvalue weighted by Gasteiger charge is -2.07. The normalized spacial score (nSPS) is 23.9. The van der Waals surface area contributed by atoms with Crippen LogP contribution in [0, 0.1) is 0 Å². The van der Waals surface area contributed by atoms with Gasteiger partial charge in [-0.1, -0.05) is 12.2 Å². The van der Waals surface area contributed by atoms with Crippen LogP contribution in [0.5, 0.6) is 0 Å². The molecule has 2 heterocycles. The first-order chi connectivity index (χ1) is 7.74. The lowest BCUT2D eigenvalue weighted by molar-refractivity contribution is -0.126. The fourth-order valence-electron chi connectivity index (χ4n) is 2.42. The van der Waals surface area contributed by atoms with Crippen LogP contribution in [0.4, 0.5) is 0 Å². The van der Waals surface area contributed by atoms with E-state index in [1.165, 1.54) is 0 Å². The van der Waals surface area contributed by atoms with Gasteiger partial charge < -0.3 is 9.88 Å². The molecular weight excluding hydrogens is 202 g/mol. The van der Waals surface area contributed by atoms with Crippen molar-refractivity contribution in [2.45, 2.75) is 25.2 Å². The van der Waals surface area contributed by atoms with Gasteiger partial charge in [-0.15, -0.1) is 0 Å². The van der Waals surface area contributed by atoms with Gasteiger partial charge in [-0.05, 0) is 12.8 Å². The summed E-state index contributed by atoms with van der Waals surface area (Å²) >= 11 is 0. The van der Waals surface area contributed by atoms with Gasteiger partial charge in [-0.3, -0.25) is 4.79 Å². The van der Waals surface area contributed by atoms with E-state index in [0.29, 0.717) is 6.42 Å². The van der Waals surface area contributed by atoms with E-state index in [2.05, 4.69) is 22.1 Å². The highest BCUT2D eigenvalue weighted by molar-refractivity contribution is 5.79. The lowest BCUT2D eigenvalue weighted by atomic mass is 10.1. The zero-order valence-corrected chi connectivity index (χ0v) is 9.36. The van der Waals surface area contributed by atoms with E-state index in [4.69, 9.17) is 0 Å². The molecule has 4 nitrogen and oxygen atoms in total. The van der Waals surface area contributed by atoms with Crippen LogP contribution in [0.15, 0.2) is 0 Å². The molecule has 16 heavy (non-hydrogen) atoms. The van der Waals surface area contributed by atoms with Gasteiger partial charge in [-0.2, -0.15) is 0 Å². The number of aromatic amines is 1. The van der Waals surface area contributed by atoms with Crippen LogP contribution in [0.1, 0.15) is 31.0 Å². The van der Waals surface area contributed by atoms with Crippen LogP contribution in [0.2, 0.25) is 0 Å². The Kier molecular flexibility index (Phi) is 2.09. The van der Waals surface area contributed by atoms with Crippen LogP contribution < -0.4 is 10.7 Å². The van der Waals surface area contributed by atoms with Crippen molar-refractivity contribution in [1.82, 2.24) is 14.9 Å². The van der Waals surface area contributed by atoms with Crippen molar-refractivity contribution in [2.24, 2.45) is 0 Å². The molecule has 1 N–H and O–H groups in total. The molecule has 1 aliphatic heterocycles. The summed E-state index contributed by atoms with van der Waals surface area (Å²) in [6.45, 7) is 0.783. The van der Waals surface area contributed by atoms with E-state index in [1.54, 1.807) is 4.90 Å². The van der Waals surface area contributed by atoms with Gasteiger partial charge in [-0.25, -0.2) is 4.98 Å². The predicted molar refractivity (Wildman–Crippen MR) is 61.0 cm³/mol. The van der Waals surface area contributed by atoms with Gasteiger partial charge in [0, 0.05) is 25.9 Å². The highest BCUT2D eigenvalue weighted by atomic mass is 16.2. The molecule has 0 spiro atoms. The number of likely N-dealkylation sites (N-methyl/N-ethyl adjacent to an activating group) is 1. The Morgan fingerprint density at radius 2 is 2.25 bits per heavy atom. The molecule has 84 valence electrons. The molecule has 1 saturated heterocycles. The minimum absolute atomic E-state index is 0.215. The summed E-state index contributed by atoms with van der Waals surface area (Å²) in [6.07, 6.45) is 7.09. The van der Waals surface area contributed by atoms with Gasteiger partial charge in [0.25, 0.3) is 0 Å². The third-order valence-corrected chi connectivity index (χ3v) is 3.36. The quantitative estimate of drug-likeness (QED) is 0.702. The minimum atomic E-state index is 0.215. The van der Waals surface area contributed by atoms with Crippen molar-refractivity contribution < 1.29 is 4.79 Å². The SMILES string of the molecule is CN1CC(c2nc3c([nH]2)=CCCC=3)CC1=O. The topological polar surface area (TPSA) is 49.0 Å². The fourth-order valence-corrected chi connectivity index (χ4v) is 2.42. The number of nitrogens with one attached hydrogen (secondary N) is 1. The number of carbonyl (C=O) groups is 1. The lowest BCUT2D eigenvalue weighted by Crippen LogP contribution is -2.26. The molecule has 1 aliphatic carbocycles. The molecule has 1 unspecified atom stereocenters. The number of fused-ring (bicyclic) bond motifs is 1. The maximum Gasteiger partial charge on any atom is 0.223 e. The van der Waals surface area contributed by atoms with Crippen molar-refractivity contribution in [1.29, 1.82) is 0 Å². The van der Waals surface area contributed by atoms with E-state index in [1.807, 2.05) is 7.05 Å². The second-order valence-electron chi connectivity index (χ2n) is 4.58. The molecule has 0 saturated carbocycles. The number of aromatic nitrogens is 2. The molecule has 1 aromatic heterocycles. The summed E-state index contributed by atoms with van der Waals surface area (Å²) in [7, 11) is 1.85. The minimum Gasteiger partial charge on any atom is -0.345 e. The summed E-state index contributed by atoms with van der Waals surface area (Å²) in [5.74, 6) is 1.43. The molecule has 1 atom stereocenters. The second-order valence-corrected chi connectivity index (χ2v) is 4.58. The third kappa shape index (κ3) is 1.45. The van der Waals surface area contributed by atoms with Crippen LogP contribution in [0.25, 0.3) is 12.2 Å². The smallest absolute Gasteiger partial charge is 0.223 e. The summed E-state index contributed by atoms with van der Waals surface area (Å²) < 4.78 is 0. The Labute approximate surface area is 93.7 Å². The molecule has 1 amide bonds. The Hall–Kier alpha value is -1.58. The van der Waals surface area contributed by atoms with Crippen LogP contribution in [0.3, 0.4) is 0 Å². The first-order valence-corrected chi connectivity index (χ1v) is 5.74. The number of hydrogen-bond acceptors (Lipinski definition) is 2. The third-order valence-electron chi connectivity index (χ3n) is 3.36. The van der Waals surface area contributed by atoms with E-state index in [9.17, 15) is 4.79 Å². The summed E-state index contributed by atoms with van der Waals surface area (Å²) in [4.78, 5) is 21.2. The van der Waals surface area contributed by atoms with E-state index >= 15 is 0 Å². The number of rotatable bonds is 1. The average Bonchev–Trinajstić information content (AvgIpc) is 2.83. The number of carbonyl (C=O) groups excluding carboxylic acids is 1. The standard InChI is InChI=1S/C12H15N3O/c1-15-7-8(6-11(15)16)12-13-9-4-2-3-5-10(9)14-12/h4-5,8H,2-3,6-7H2,1H3,(H,13,14). The van der Waals surface area contributed by atoms with Crippen molar-refractivity contribution in [3.8, 4) is 0 Å². The fraction of sp³-hybridized carbons (Fsp3) is 0.500. The molecule has 1 aromatic rings. The number of imidazole rings is 1. The van der Waals surface area contributed by atoms with Crippen LogP contribution in [-0.4, -0.2) is 34.4 Å². The number of amides is 1. The van der Waals surface area contributed by atoms with Gasteiger partial charge in [0.2, 0.25) is 5.91 Å². The van der Waals surface area contributed by atoms with E-state index < -0.39 is 0 Å². The van der Waals surface area contributed by atoms with E-state index in [-0.39, 0.29) is 11.8 Å².